The highest BCUT2D eigenvalue weighted by atomic mass is 19.1. The zero-order valence-electron chi connectivity index (χ0n) is 23.2. The lowest BCUT2D eigenvalue weighted by Gasteiger charge is -2.31. The second-order valence-electron chi connectivity index (χ2n) is 10.2. The van der Waals surface area contributed by atoms with Crippen molar-refractivity contribution < 1.29 is 14.0 Å². The number of anilines is 1. The summed E-state index contributed by atoms with van der Waals surface area (Å²) in [7, 11) is 3.98. The number of nitrogens with zero attached hydrogens (tertiary/aromatic N) is 3. The summed E-state index contributed by atoms with van der Waals surface area (Å²) in [6, 6.07) is 21.9. The van der Waals surface area contributed by atoms with Crippen molar-refractivity contribution in [3.8, 4) is 0 Å². The number of benzene rings is 3. The summed E-state index contributed by atoms with van der Waals surface area (Å²) in [5.41, 5.74) is 4.25. The lowest BCUT2D eigenvalue weighted by molar-refractivity contribution is -0.133. The number of aromatic nitrogens is 1. The van der Waals surface area contributed by atoms with Gasteiger partial charge in [0.25, 0.3) is 5.91 Å². The van der Waals surface area contributed by atoms with Crippen LogP contribution in [0.25, 0.3) is 10.9 Å². The molecule has 39 heavy (non-hydrogen) atoms. The fourth-order valence-corrected chi connectivity index (χ4v) is 4.69. The molecule has 204 valence electrons. The van der Waals surface area contributed by atoms with E-state index in [2.05, 4.69) is 11.1 Å². The minimum Gasteiger partial charge on any atom is -0.378 e. The van der Waals surface area contributed by atoms with Crippen LogP contribution in [0.15, 0.2) is 79.0 Å². The smallest absolute Gasteiger partial charge is 0.257 e. The van der Waals surface area contributed by atoms with Gasteiger partial charge in [-0.3, -0.25) is 9.59 Å². The first-order valence-corrected chi connectivity index (χ1v) is 13.4. The molecule has 0 bridgehead atoms. The van der Waals surface area contributed by atoms with Crippen LogP contribution in [0, 0.1) is 5.82 Å². The van der Waals surface area contributed by atoms with Gasteiger partial charge in [-0.1, -0.05) is 49.4 Å². The highest BCUT2D eigenvalue weighted by Crippen LogP contribution is 2.20. The largest absolute Gasteiger partial charge is 0.378 e. The molecule has 6 nitrogen and oxygen atoms in total. The minimum absolute atomic E-state index is 0.0183. The van der Waals surface area contributed by atoms with Crippen molar-refractivity contribution in [1.82, 2.24) is 14.8 Å². The van der Waals surface area contributed by atoms with E-state index in [9.17, 15) is 14.0 Å². The molecule has 3 aromatic carbocycles. The van der Waals surface area contributed by atoms with Gasteiger partial charge >= 0.3 is 0 Å². The molecule has 1 atom stereocenters. The average molecular weight is 529 g/mol. The van der Waals surface area contributed by atoms with Gasteiger partial charge in [0.15, 0.2) is 0 Å². The third kappa shape index (κ3) is 6.66. The highest BCUT2D eigenvalue weighted by molar-refractivity contribution is 5.97. The third-order valence-electron chi connectivity index (χ3n) is 7.30. The number of amides is 2. The van der Waals surface area contributed by atoms with Crippen LogP contribution < -0.4 is 4.90 Å². The number of carbonyl (C=O) groups excluding carboxylic acids is 2. The van der Waals surface area contributed by atoms with Crippen molar-refractivity contribution in [2.24, 2.45) is 0 Å². The van der Waals surface area contributed by atoms with Crippen LogP contribution in [0.3, 0.4) is 0 Å². The Kier molecular flexibility index (Phi) is 9.02. The van der Waals surface area contributed by atoms with Crippen molar-refractivity contribution in [3.05, 3.63) is 102 Å². The number of hydrogen-bond donors (Lipinski definition) is 1. The van der Waals surface area contributed by atoms with Crippen molar-refractivity contribution >= 4 is 28.4 Å². The normalized spacial score (nSPS) is 11.8. The number of aromatic amines is 1. The Hall–Kier alpha value is -4.13. The van der Waals surface area contributed by atoms with E-state index in [4.69, 9.17) is 0 Å². The van der Waals surface area contributed by atoms with E-state index in [1.165, 1.54) is 17.0 Å². The number of para-hydroxylation sites is 1. The second kappa shape index (κ2) is 12.6. The number of nitrogens with one attached hydrogen (secondary N) is 1. The monoisotopic (exact) mass is 528 g/mol. The molecular weight excluding hydrogens is 491 g/mol. The first-order chi connectivity index (χ1) is 18.8. The fraction of sp³-hybridized carbons (Fsp3) is 0.312. The molecule has 1 aromatic heterocycles. The van der Waals surface area contributed by atoms with Crippen LogP contribution in [0.5, 0.6) is 0 Å². The maximum absolute atomic E-state index is 14.5. The summed E-state index contributed by atoms with van der Waals surface area (Å²) < 4.78 is 14.5. The van der Waals surface area contributed by atoms with Crippen molar-refractivity contribution in [3.63, 3.8) is 0 Å². The molecular formula is C32H37FN4O2. The lowest BCUT2D eigenvalue weighted by atomic mass is 10.1. The van der Waals surface area contributed by atoms with E-state index in [0.29, 0.717) is 25.9 Å². The van der Waals surface area contributed by atoms with Gasteiger partial charge in [-0.15, -0.1) is 0 Å². The van der Waals surface area contributed by atoms with Crippen LogP contribution in [0.1, 0.15) is 41.8 Å². The number of carbonyl (C=O) groups is 2. The molecule has 0 spiro atoms. The minimum atomic E-state index is -0.583. The molecule has 0 radical (unpaired) electrons. The Morgan fingerprint density at radius 3 is 2.33 bits per heavy atom. The molecule has 1 unspecified atom stereocenters. The van der Waals surface area contributed by atoms with Crippen molar-refractivity contribution in [2.75, 3.05) is 32.1 Å². The van der Waals surface area contributed by atoms with Gasteiger partial charge in [-0.05, 0) is 61.2 Å². The van der Waals surface area contributed by atoms with Gasteiger partial charge in [-0.25, -0.2) is 4.39 Å². The van der Waals surface area contributed by atoms with E-state index in [0.717, 1.165) is 27.7 Å². The summed E-state index contributed by atoms with van der Waals surface area (Å²) in [4.78, 5) is 35.8. The lowest BCUT2D eigenvalue weighted by Crippen LogP contribution is -2.47. The Labute approximate surface area is 230 Å². The highest BCUT2D eigenvalue weighted by Gasteiger charge is 2.27. The van der Waals surface area contributed by atoms with Gasteiger partial charge in [-0.2, -0.15) is 0 Å². The van der Waals surface area contributed by atoms with Gasteiger partial charge < -0.3 is 19.7 Å². The maximum Gasteiger partial charge on any atom is 0.257 e. The molecule has 0 fully saturated rings. The molecule has 7 heteroatoms. The quantitative estimate of drug-likeness (QED) is 0.264. The number of hydrogen-bond acceptors (Lipinski definition) is 3. The van der Waals surface area contributed by atoms with Gasteiger partial charge in [0.05, 0.1) is 5.56 Å². The zero-order chi connectivity index (χ0) is 27.9. The summed E-state index contributed by atoms with van der Waals surface area (Å²) in [6.07, 6.45) is 3.30. The average Bonchev–Trinajstić information content (AvgIpc) is 3.36. The van der Waals surface area contributed by atoms with Gasteiger partial charge in [0.2, 0.25) is 5.91 Å². The Bertz CT molecular complexity index is 1410. The molecule has 0 saturated carbocycles. The van der Waals surface area contributed by atoms with Crippen LogP contribution in [0.2, 0.25) is 0 Å². The summed E-state index contributed by atoms with van der Waals surface area (Å²) >= 11 is 0. The summed E-state index contributed by atoms with van der Waals surface area (Å²) in [5, 5.41) is 1.14. The van der Waals surface area contributed by atoms with E-state index in [1.807, 2.05) is 81.5 Å². The molecule has 1 N–H and O–H groups in total. The molecule has 0 aliphatic carbocycles. The molecule has 4 aromatic rings. The maximum atomic E-state index is 14.5. The van der Waals surface area contributed by atoms with Crippen LogP contribution in [-0.4, -0.2) is 59.8 Å². The second-order valence-corrected chi connectivity index (χ2v) is 10.2. The first kappa shape index (κ1) is 27.9. The van der Waals surface area contributed by atoms with Gasteiger partial charge in [0, 0.05) is 56.0 Å². The Morgan fingerprint density at radius 1 is 0.949 bits per heavy atom. The topological polar surface area (TPSA) is 59.7 Å². The third-order valence-corrected chi connectivity index (χ3v) is 7.30. The predicted molar refractivity (Wildman–Crippen MR) is 155 cm³/mol. The Balaban J connectivity index is 1.58. The zero-order valence-corrected chi connectivity index (χ0v) is 23.2. The van der Waals surface area contributed by atoms with Crippen LogP contribution >= 0.6 is 0 Å². The van der Waals surface area contributed by atoms with Gasteiger partial charge in [0.1, 0.15) is 12.4 Å². The Morgan fingerprint density at radius 2 is 1.64 bits per heavy atom. The summed E-state index contributed by atoms with van der Waals surface area (Å²) in [6.45, 7) is 4.63. The van der Waals surface area contributed by atoms with E-state index in [1.54, 1.807) is 17.0 Å². The van der Waals surface area contributed by atoms with E-state index in [-0.39, 0.29) is 24.1 Å². The summed E-state index contributed by atoms with van der Waals surface area (Å²) in [5.74, 6) is -1.22. The fourth-order valence-electron chi connectivity index (χ4n) is 4.69. The standard InChI is InChI=1S/C32H37FN4O2/c1-5-23(2)37(32(39)28-11-6-8-12-29(28)33)22-31(38)36(21-24-14-16-26(17-15-24)35(3)4)19-18-25-20-34-30-13-9-7-10-27(25)30/h6-17,20,23,34H,5,18-19,21-22H2,1-4H3. The SMILES string of the molecule is CCC(C)N(CC(=O)N(CCc1c[nH]c2ccccc12)Cc1ccc(N(C)C)cc1)C(=O)c1ccccc1F. The van der Waals surface area contributed by atoms with Crippen molar-refractivity contribution in [2.45, 2.75) is 39.3 Å². The van der Waals surface area contributed by atoms with Crippen LogP contribution in [-0.2, 0) is 17.8 Å². The molecule has 0 saturated heterocycles. The van der Waals surface area contributed by atoms with E-state index < -0.39 is 11.7 Å². The molecule has 0 aliphatic rings. The molecule has 0 aliphatic heterocycles. The van der Waals surface area contributed by atoms with Crippen molar-refractivity contribution in [1.29, 1.82) is 0 Å². The molecule has 4 rings (SSSR count). The first-order valence-electron chi connectivity index (χ1n) is 13.4. The van der Waals surface area contributed by atoms with Crippen LogP contribution in [0.4, 0.5) is 10.1 Å². The van der Waals surface area contributed by atoms with E-state index >= 15 is 0 Å². The number of rotatable bonds is 11. The number of halogens is 1. The number of H-pyrrole nitrogens is 1. The predicted octanol–water partition coefficient (Wildman–Crippen LogP) is 5.89. The molecule has 1 heterocycles. The number of fused-ring (bicyclic) bond motifs is 1. The molecule has 2 amide bonds.